The maximum Gasteiger partial charge on any atom is 0.0925 e. The molecule has 1 aliphatic rings. The maximum absolute atomic E-state index is 4.34. The first kappa shape index (κ1) is 10.8. The molecule has 0 saturated heterocycles. The molecular formula is C14H16N2S. The van der Waals surface area contributed by atoms with Crippen molar-refractivity contribution in [1.29, 1.82) is 0 Å². The normalized spacial score (nSPS) is 18.5. The number of benzene rings is 1. The zero-order valence-electron chi connectivity index (χ0n) is 9.73. The molecular weight excluding hydrogens is 228 g/mol. The average molecular weight is 244 g/mol. The van der Waals surface area contributed by atoms with Gasteiger partial charge in [-0.2, -0.15) is 0 Å². The van der Waals surface area contributed by atoms with Crippen LogP contribution in [0.3, 0.4) is 0 Å². The number of anilines is 1. The second-order valence-electron chi connectivity index (χ2n) is 4.50. The molecule has 2 nitrogen and oxygen atoms in total. The Kier molecular flexibility index (Phi) is 3.10. The van der Waals surface area contributed by atoms with Gasteiger partial charge in [0, 0.05) is 29.7 Å². The fraction of sp³-hybridized carbons (Fsp3) is 0.357. The van der Waals surface area contributed by atoms with Gasteiger partial charge in [0.05, 0.1) is 5.01 Å². The van der Waals surface area contributed by atoms with Gasteiger partial charge in [-0.25, -0.2) is 4.98 Å². The summed E-state index contributed by atoms with van der Waals surface area (Å²) in [4.78, 5) is 4.34. The van der Waals surface area contributed by atoms with Crippen LogP contribution in [0.5, 0.6) is 0 Å². The highest BCUT2D eigenvalue weighted by Gasteiger charge is 2.16. The summed E-state index contributed by atoms with van der Waals surface area (Å²) in [7, 11) is 0. The van der Waals surface area contributed by atoms with E-state index in [2.05, 4.69) is 39.9 Å². The number of hydrogen-bond acceptors (Lipinski definition) is 3. The minimum atomic E-state index is 0.605. The maximum atomic E-state index is 4.34. The summed E-state index contributed by atoms with van der Waals surface area (Å²) in [6.07, 6.45) is 6.61. The lowest BCUT2D eigenvalue weighted by Gasteiger charge is -2.26. The molecule has 2 aromatic rings. The topological polar surface area (TPSA) is 24.9 Å². The number of para-hydroxylation sites is 1. The van der Waals surface area contributed by atoms with Crippen LogP contribution in [0.1, 0.15) is 23.4 Å². The van der Waals surface area contributed by atoms with Gasteiger partial charge < -0.3 is 5.32 Å². The van der Waals surface area contributed by atoms with Crippen LogP contribution in [-0.4, -0.2) is 11.0 Å². The first-order valence-electron chi connectivity index (χ1n) is 6.14. The van der Waals surface area contributed by atoms with Gasteiger partial charge in [-0.15, -0.1) is 11.3 Å². The molecule has 1 unspecified atom stereocenters. The molecule has 17 heavy (non-hydrogen) atoms. The van der Waals surface area contributed by atoms with Crippen molar-refractivity contribution < 1.29 is 0 Å². The van der Waals surface area contributed by atoms with Crippen molar-refractivity contribution in [2.75, 3.05) is 5.32 Å². The van der Waals surface area contributed by atoms with E-state index in [1.165, 1.54) is 35.5 Å². The van der Waals surface area contributed by atoms with Gasteiger partial charge in [-0.3, -0.25) is 0 Å². The molecule has 88 valence electrons. The molecule has 0 fully saturated rings. The lowest BCUT2D eigenvalue weighted by Crippen LogP contribution is -2.25. The molecule has 0 spiro atoms. The predicted octanol–water partition coefficient (Wildman–Crippen LogP) is 3.50. The SMILES string of the molecule is c1ccc2c(c1)CCC(CCc1nccs1)N2. The molecule has 1 aliphatic heterocycles. The van der Waals surface area contributed by atoms with E-state index in [4.69, 9.17) is 0 Å². The molecule has 0 bridgehead atoms. The highest BCUT2D eigenvalue weighted by Crippen LogP contribution is 2.26. The Morgan fingerprint density at radius 2 is 2.29 bits per heavy atom. The smallest absolute Gasteiger partial charge is 0.0925 e. The number of nitrogens with zero attached hydrogens (tertiary/aromatic N) is 1. The largest absolute Gasteiger partial charge is 0.382 e. The molecule has 0 radical (unpaired) electrons. The Morgan fingerprint density at radius 1 is 1.35 bits per heavy atom. The Balaban J connectivity index is 1.61. The minimum Gasteiger partial charge on any atom is -0.382 e. The molecule has 0 amide bonds. The van der Waals surface area contributed by atoms with Crippen LogP contribution in [-0.2, 0) is 12.8 Å². The zero-order valence-corrected chi connectivity index (χ0v) is 10.5. The molecule has 1 aromatic heterocycles. The van der Waals surface area contributed by atoms with Gasteiger partial charge in [-0.1, -0.05) is 18.2 Å². The third-order valence-electron chi connectivity index (χ3n) is 3.33. The van der Waals surface area contributed by atoms with Gasteiger partial charge in [0.2, 0.25) is 0 Å². The van der Waals surface area contributed by atoms with Gasteiger partial charge in [0.25, 0.3) is 0 Å². The summed E-state index contributed by atoms with van der Waals surface area (Å²) in [5.74, 6) is 0. The van der Waals surface area contributed by atoms with Crippen LogP contribution >= 0.6 is 11.3 Å². The summed E-state index contributed by atoms with van der Waals surface area (Å²) in [6, 6.07) is 9.24. The van der Waals surface area contributed by atoms with Crippen LogP contribution in [0.4, 0.5) is 5.69 Å². The molecule has 3 heteroatoms. The summed E-state index contributed by atoms with van der Waals surface area (Å²) < 4.78 is 0. The van der Waals surface area contributed by atoms with Crippen LogP contribution in [0, 0.1) is 0 Å². The number of fused-ring (bicyclic) bond motifs is 1. The van der Waals surface area contributed by atoms with Crippen molar-refractivity contribution in [3.63, 3.8) is 0 Å². The summed E-state index contributed by atoms with van der Waals surface area (Å²) in [6.45, 7) is 0. The van der Waals surface area contributed by atoms with E-state index in [0.717, 1.165) is 6.42 Å². The van der Waals surface area contributed by atoms with Crippen LogP contribution in [0.15, 0.2) is 35.8 Å². The second-order valence-corrected chi connectivity index (χ2v) is 5.48. The first-order chi connectivity index (χ1) is 8.42. The number of rotatable bonds is 3. The van der Waals surface area contributed by atoms with E-state index in [1.807, 2.05) is 6.20 Å². The molecule has 0 aliphatic carbocycles. The van der Waals surface area contributed by atoms with E-state index < -0.39 is 0 Å². The average Bonchev–Trinajstić information content (AvgIpc) is 2.89. The van der Waals surface area contributed by atoms with Crippen molar-refractivity contribution in [3.8, 4) is 0 Å². The summed E-state index contributed by atoms with van der Waals surface area (Å²) in [5, 5.41) is 6.95. The third kappa shape index (κ3) is 2.50. The lowest BCUT2D eigenvalue weighted by atomic mass is 9.95. The number of nitrogens with one attached hydrogen (secondary N) is 1. The van der Waals surface area contributed by atoms with E-state index >= 15 is 0 Å². The third-order valence-corrected chi connectivity index (χ3v) is 4.17. The van der Waals surface area contributed by atoms with Crippen molar-refractivity contribution >= 4 is 17.0 Å². The van der Waals surface area contributed by atoms with Crippen molar-refractivity contribution in [3.05, 3.63) is 46.4 Å². The van der Waals surface area contributed by atoms with E-state index in [1.54, 1.807) is 11.3 Å². The van der Waals surface area contributed by atoms with Crippen molar-refractivity contribution in [1.82, 2.24) is 4.98 Å². The van der Waals surface area contributed by atoms with E-state index in [0.29, 0.717) is 6.04 Å². The fourth-order valence-electron chi connectivity index (χ4n) is 2.39. The minimum absolute atomic E-state index is 0.605. The van der Waals surface area contributed by atoms with E-state index in [-0.39, 0.29) is 0 Å². The first-order valence-corrected chi connectivity index (χ1v) is 7.02. The quantitative estimate of drug-likeness (QED) is 0.893. The van der Waals surface area contributed by atoms with Crippen LogP contribution < -0.4 is 5.32 Å². The fourth-order valence-corrected chi connectivity index (χ4v) is 3.03. The predicted molar refractivity (Wildman–Crippen MR) is 72.6 cm³/mol. The highest BCUT2D eigenvalue weighted by molar-refractivity contribution is 7.09. The lowest BCUT2D eigenvalue weighted by molar-refractivity contribution is 0.586. The van der Waals surface area contributed by atoms with Gasteiger partial charge >= 0.3 is 0 Å². The Bertz CT molecular complexity index is 479. The number of hydrogen-bond donors (Lipinski definition) is 1. The monoisotopic (exact) mass is 244 g/mol. The Labute approximate surface area is 106 Å². The summed E-state index contributed by atoms with van der Waals surface area (Å²) >= 11 is 1.76. The summed E-state index contributed by atoms with van der Waals surface area (Å²) in [5.41, 5.74) is 2.78. The zero-order chi connectivity index (χ0) is 11.5. The number of aryl methyl sites for hydroxylation is 2. The molecule has 1 aromatic carbocycles. The number of thiazole rings is 1. The number of aromatic nitrogens is 1. The van der Waals surface area contributed by atoms with Crippen molar-refractivity contribution in [2.24, 2.45) is 0 Å². The van der Waals surface area contributed by atoms with Gasteiger partial charge in [-0.05, 0) is 30.9 Å². The molecule has 3 rings (SSSR count). The van der Waals surface area contributed by atoms with Gasteiger partial charge in [0.1, 0.15) is 0 Å². The van der Waals surface area contributed by atoms with E-state index in [9.17, 15) is 0 Å². The highest BCUT2D eigenvalue weighted by atomic mass is 32.1. The Hall–Kier alpha value is -1.35. The van der Waals surface area contributed by atoms with Crippen molar-refractivity contribution in [2.45, 2.75) is 31.7 Å². The van der Waals surface area contributed by atoms with Crippen LogP contribution in [0.25, 0.3) is 0 Å². The van der Waals surface area contributed by atoms with Crippen LogP contribution in [0.2, 0.25) is 0 Å². The molecule has 1 atom stereocenters. The standard InChI is InChI=1S/C14H16N2S/c1-2-4-13-11(3-1)5-6-12(16-13)7-8-14-15-9-10-17-14/h1-4,9-10,12,16H,5-8H2. The molecule has 2 heterocycles. The Morgan fingerprint density at radius 3 is 3.18 bits per heavy atom. The molecule has 0 saturated carbocycles. The van der Waals surface area contributed by atoms with Gasteiger partial charge in [0.15, 0.2) is 0 Å². The second kappa shape index (κ2) is 4.88. The molecule has 1 N–H and O–H groups in total.